The summed E-state index contributed by atoms with van der Waals surface area (Å²) in [7, 11) is 2.06. The smallest absolute Gasteiger partial charge is 0.0767 e. The molecule has 1 aliphatic carbocycles. The van der Waals surface area contributed by atoms with Crippen molar-refractivity contribution in [2.45, 2.75) is 58.2 Å². The molecule has 1 aromatic rings. The fourth-order valence-electron chi connectivity index (χ4n) is 3.53. The molecule has 1 N–H and O–H groups in total. The lowest BCUT2D eigenvalue weighted by molar-refractivity contribution is 0.0748. The Labute approximate surface area is 136 Å². The molecule has 0 aromatic carbocycles. The summed E-state index contributed by atoms with van der Waals surface area (Å²) < 4.78 is 3.25. The van der Waals surface area contributed by atoms with Crippen LogP contribution in [0.25, 0.3) is 0 Å². The molecule has 1 saturated carbocycles. The van der Waals surface area contributed by atoms with Crippen LogP contribution >= 0.6 is 15.9 Å². The summed E-state index contributed by atoms with van der Waals surface area (Å²) >= 11 is 3.75. The molecular weight excluding hydrogens is 328 g/mol. The number of aryl methyl sites for hydroxylation is 2. The Kier molecular flexibility index (Phi) is 4.19. The first-order chi connectivity index (χ1) is 9.94. The molecule has 1 aliphatic heterocycles. The highest BCUT2D eigenvalue weighted by atomic mass is 79.9. The molecule has 1 aromatic heterocycles. The summed E-state index contributed by atoms with van der Waals surface area (Å²) in [5, 5.41) is 8.42. The van der Waals surface area contributed by atoms with Crippen LogP contribution in [-0.4, -0.2) is 39.4 Å². The number of rotatable bonds is 4. The highest BCUT2D eigenvalue weighted by molar-refractivity contribution is 9.10. The fourth-order valence-corrected chi connectivity index (χ4v) is 4.27. The molecule has 21 heavy (non-hydrogen) atoms. The normalized spacial score (nSPS) is 30.8. The van der Waals surface area contributed by atoms with Crippen LogP contribution in [0.3, 0.4) is 0 Å². The van der Waals surface area contributed by atoms with Crippen molar-refractivity contribution >= 4 is 15.9 Å². The largest absolute Gasteiger partial charge is 0.308 e. The van der Waals surface area contributed by atoms with Crippen molar-refractivity contribution in [1.82, 2.24) is 20.0 Å². The Hall–Kier alpha value is -0.390. The topological polar surface area (TPSA) is 33.1 Å². The summed E-state index contributed by atoms with van der Waals surface area (Å²) in [5.41, 5.74) is 2.77. The van der Waals surface area contributed by atoms with E-state index in [1.165, 1.54) is 28.7 Å². The van der Waals surface area contributed by atoms with Gasteiger partial charge in [-0.25, -0.2) is 0 Å². The Balaban J connectivity index is 1.78. The zero-order chi connectivity index (χ0) is 15.2. The number of hydrogen-bond acceptors (Lipinski definition) is 3. The van der Waals surface area contributed by atoms with Gasteiger partial charge in [0.15, 0.2) is 0 Å². The van der Waals surface area contributed by atoms with Gasteiger partial charge in [-0.05, 0) is 55.0 Å². The van der Waals surface area contributed by atoms with Crippen LogP contribution in [0, 0.1) is 5.92 Å². The van der Waals surface area contributed by atoms with E-state index < -0.39 is 0 Å². The molecule has 5 heteroatoms. The van der Waals surface area contributed by atoms with E-state index in [1.807, 2.05) is 4.68 Å². The molecule has 0 radical (unpaired) electrons. The Morgan fingerprint density at radius 1 is 1.43 bits per heavy atom. The molecule has 2 unspecified atom stereocenters. The van der Waals surface area contributed by atoms with Crippen LogP contribution in [0.2, 0.25) is 0 Å². The first-order valence-corrected chi connectivity index (χ1v) is 8.93. The molecule has 4 nitrogen and oxygen atoms in total. The molecule has 0 spiro atoms. The van der Waals surface area contributed by atoms with Crippen LogP contribution in [0.15, 0.2) is 4.47 Å². The predicted molar refractivity (Wildman–Crippen MR) is 89.3 cm³/mol. The van der Waals surface area contributed by atoms with Gasteiger partial charge >= 0.3 is 0 Å². The maximum absolute atomic E-state index is 4.63. The molecule has 2 aliphatic rings. The third-order valence-electron chi connectivity index (χ3n) is 5.29. The maximum atomic E-state index is 4.63. The second-order valence-electron chi connectivity index (χ2n) is 7.01. The van der Waals surface area contributed by atoms with E-state index in [2.05, 4.69) is 59.1 Å². The molecule has 2 fully saturated rings. The van der Waals surface area contributed by atoms with E-state index in [9.17, 15) is 0 Å². The third kappa shape index (κ3) is 2.92. The molecule has 2 atom stereocenters. The molecule has 118 valence electrons. The Morgan fingerprint density at radius 2 is 2.14 bits per heavy atom. The SMILES string of the molecule is CCc1nn(C)c(CN2CC(C)(C3CC3)NCC2C)c1Br. The van der Waals surface area contributed by atoms with Crippen molar-refractivity contribution in [3.63, 3.8) is 0 Å². The van der Waals surface area contributed by atoms with Gasteiger partial charge in [0.05, 0.1) is 15.9 Å². The summed E-state index contributed by atoms with van der Waals surface area (Å²) in [6.45, 7) is 10.1. The van der Waals surface area contributed by atoms with Gasteiger partial charge in [0.25, 0.3) is 0 Å². The van der Waals surface area contributed by atoms with Crippen molar-refractivity contribution in [3.8, 4) is 0 Å². The van der Waals surface area contributed by atoms with Crippen LogP contribution < -0.4 is 5.32 Å². The predicted octanol–water partition coefficient (Wildman–Crippen LogP) is 2.71. The lowest BCUT2D eigenvalue weighted by atomic mass is 9.91. The van der Waals surface area contributed by atoms with Gasteiger partial charge in [-0.1, -0.05) is 6.92 Å². The van der Waals surface area contributed by atoms with Gasteiger partial charge in [0.1, 0.15) is 0 Å². The average molecular weight is 355 g/mol. The first kappa shape index (κ1) is 15.5. The van der Waals surface area contributed by atoms with E-state index in [1.54, 1.807) is 0 Å². The van der Waals surface area contributed by atoms with Crippen LogP contribution in [-0.2, 0) is 20.0 Å². The Morgan fingerprint density at radius 3 is 2.71 bits per heavy atom. The molecule has 0 bridgehead atoms. The lowest BCUT2D eigenvalue weighted by Gasteiger charge is -2.45. The minimum atomic E-state index is 0.297. The molecule has 1 saturated heterocycles. The van der Waals surface area contributed by atoms with Gasteiger partial charge in [0.2, 0.25) is 0 Å². The van der Waals surface area contributed by atoms with Crippen molar-refractivity contribution in [1.29, 1.82) is 0 Å². The second kappa shape index (κ2) is 5.67. The monoisotopic (exact) mass is 354 g/mol. The summed E-state index contributed by atoms with van der Waals surface area (Å²) in [5.74, 6) is 0.869. The number of halogens is 1. The van der Waals surface area contributed by atoms with Gasteiger partial charge in [-0.2, -0.15) is 5.10 Å². The highest BCUT2D eigenvalue weighted by Crippen LogP contribution is 2.41. The summed E-state index contributed by atoms with van der Waals surface area (Å²) in [4.78, 5) is 2.62. The van der Waals surface area contributed by atoms with Crippen LogP contribution in [0.1, 0.15) is 45.0 Å². The molecule has 3 rings (SSSR count). The van der Waals surface area contributed by atoms with Gasteiger partial charge in [0, 0.05) is 38.3 Å². The standard InChI is InChI=1S/C16H27BrN4/c1-5-13-15(17)14(20(4)19-13)9-21-10-16(3,12-6-7-12)18-8-11(21)2/h11-12,18H,5-10H2,1-4H3. The second-order valence-corrected chi connectivity index (χ2v) is 7.80. The maximum Gasteiger partial charge on any atom is 0.0767 e. The fraction of sp³-hybridized carbons (Fsp3) is 0.812. The minimum Gasteiger partial charge on any atom is -0.308 e. The van der Waals surface area contributed by atoms with E-state index in [0.29, 0.717) is 11.6 Å². The lowest BCUT2D eigenvalue weighted by Crippen LogP contribution is -2.63. The van der Waals surface area contributed by atoms with E-state index in [4.69, 9.17) is 0 Å². The Bertz CT molecular complexity index is 523. The summed E-state index contributed by atoms with van der Waals surface area (Å²) in [6, 6.07) is 0.573. The van der Waals surface area contributed by atoms with Gasteiger partial charge < -0.3 is 5.32 Å². The molecule has 2 heterocycles. The highest BCUT2D eigenvalue weighted by Gasteiger charge is 2.45. The van der Waals surface area contributed by atoms with Crippen molar-refractivity contribution in [2.24, 2.45) is 13.0 Å². The quantitative estimate of drug-likeness (QED) is 0.902. The number of nitrogens with zero attached hydrogens (tertiary/aromatic N) is 3. The third-order valence-corrected chi connectivity index (χ3v) is 6.21. The number of hydrogen-bond donors (Lipinski definition) is 1. The van der Waals surface area contributed by atoms with E-state index in [-0.39, 0.29) is 0 Å². The van der Waals surface area contributed by atoms with E-state index >= 15 is 0 Å². The number of piperazine rings is 1. The van der Waals surface area contributed by atoms with Crippen LogP contribution in [0.4, 0.5) is 0 Å². The number of aromatic nitrogens is 2. The minimum absolute atomic E-state index is 0.297. The average Bonchev–Trinajstić information content (AvgIpc) is 3.26. The van der Waals surface area contributed by atoms with Gasteiger partial charge in [-0.15, -0.1) is 0 Å². The van der Waals surface area contributed by atoms with Crippen molar-refractivity contribution < 1.29 is 0 Å². The van der Waals surface area contributed by atoms with Gasteiger partial charge in [-0.3, -0.25) is 9.58 Å². The molecule has 0 amide bonds. The summed E-state index contributed by atoms with van der Waals surface area (Å²) in [6.07, 6.45) is 3.76. The van der Waals surface area contributed by atoms with E-state index in [0.717, 1.165) is 32.0 Å². The zero-order valence-electron chi connectivity index (χ0n) is 13.6. The van der Waals surface area contributed by atoms with Crippen molar-refractivity contribution in [3.05, 3.63) is 15.9 Å². The zero-order valence-corrected chi connectivity index (χ0v) is 15.2. The first-order valence-electron chi connectivity index (χ1n) is 8.14. The van der Waals surface area contributed by atoms with Crippen molar-refractivity contribution in [2.75, 3.05) is 13.1 Å². The number of nitrogens with one attached hydrogen (secondary N) is 1. The molecular formula is C16H27BrN4. The van der Waals surface area contributed by atoms with Crippen LogP contribution in [0.5, 0.6) is 0 Å².